The van der Waals surface area contributed by atoms with E-state index in [1.165, 1.54) is 55.9 Å². The number of nitrogens with two attached hydrogens (primary N) is 1. The fraction of sp³-hybridized carbons (Fsp3) is 0.600. The number of Topliss-reactive ketones (excluding diaryl/α,β-unsaturated/α-hetero) is 1. The van der Waals surface area contributed by atoms with E-state index in [9.17, 15) is 29.1 Å². The van der Waals surface area contributed by atoms with Crippen molar-refractivity contribution >= 4 is 35.2 Å². The SMILES string of the molecule is CO[C@H]1/C=C\C=C(/C)C(=O)NC2=CC(=O)C(CCCN3CCN(C(=O)O[C@H]4CC[C@@]5(C)C(=CC[C@@H]6[C@@H]5CC[C@]5(C)C(c7cccnc7)=CC[C@@H]65)C4)CC3)=C(C[C@@H](C)C[C@H](OC)[C@@H](O)[C@@H](C)/C=C(\C)C1OC(N)=O)C2=O. The van der Waals surface area contributed by atoms with E-state index in [0.717, 1.165) is 32.1 Å². The molecule has 2 bridgehead atoms. The van der Waals surface area contributed by atoms with Gasteiger partial charge in [0.1, 0.15) is 12.2 Å². The Bertz CT molecular complexity index is 2560. The molecule has 1 unspecified atom stereocenters. The van der Waals surface area contributed by atoms with Gasteiger partial charge >= 0.3 is 12.2 Å². The van der Waals surface area contributed by atoms with Crippen LogP contribution in [0.5, 0.6) is 0 Å². The summed E-state index contributed by atoms with van der Waals surface area (Å²) < 4.78 is 23.2. The second kappa shape index (κ2) is 23.8. The van der Waals surface area contributed by atoms with Crippen LogP contribution in [0.4, 0.5) is 9.59 Å². The normalized spacial score (nSPS) is 36.0. The van der Waals surface area contributed by atoms with Gasteiger partial charge in [-0.2, -0.15) is 0 Å². The first-order valence-corrected chi connectivity index (χ1v) is 27.4. The number of methoxy groups -OCH3 is 2. The third-order valence-electron chi connectivity index (χ3n) is 18.3. The maximum Gasteiger partial charge on any atom is 0.410 e. The number of pyridine rings is 1. The number of nitrogens with zero attached hydrogens (tertiary/aromatic N) is 3. The van der Waals surface area contributed by atoms with E-state index in [1.807, 2.05) is 37.2 Å². The zero-order valence-corrected chi connectivity index (χ0v) is 45.5. The minimum Gasteiger partial charge on any atom is -0.446 e. The maximum atomic E-state index is 14.3. The molecule has 0 spiro atoms. The quantitative estimate of drug-likeness (QED) is 0.157. The molecule has 8 rings (SSSR count). The Morgan fingerprint density at radius 2 is 1.71 bits per heavy atom. The lowest BCUT2D eigenvalue weighted by Gasteiger charge is -2.58. The maximum absolute atomic E-state index is 14.3. The number of fused-ring (bicyclic) bond motifs is 7. The monoisotopic (exact) mass is 1030 g/mol. The van der Waals surface area contributed by atoms with Crippen LogP contribution in [0.25, 0.3) is 5.57 Å². The number of ether oxygens (including phenoxy) is 4. The van der Waals surface area contributed by atoms with Crippen molar-refractivity contribution in [1.29, 1.82) is 0 Å². The zero-order valence-electron chi connectivity index (χ0n) is 45.5. The zero-order chi connectivity index (χ0) is 53.8. The number of primary amides is 1. The summed E-state index contributed by atoms with van der Waals surface area (Å²) in [5.41, 5.74) is 11.5. The van der Waals surface area contributed by atoms with Crippen LogP contribution in [0.1, 0.15) is 118 Å². The molecule has 3 heterocycles. The second-order valence-corrected chi connectivity index (χ2v) is 23.0. The lowest BCUT2D eigenvalue weighted by atomic mass is 9.47. The molecule has 2 aliphatic heterocycles. The molecule has 1 aromatic heterocycles. The van der Waals surface area contributed by atoms with Crippen molar-refractivity contribution in [3.8, 4) is 0 Å². The topological polar surface area (TPSA) is 200 Å². The van der Waals surface area contributed by atoms with Gasteiger partial charge in [0.25, 0.3) is 5.91 Å². The summed E-state index contributed by atoms with van der Waals surface area (Å²) in [4.78, 5) is 76.0. The van der Waals surface area contributed by atoms with Gasteiger partial charge in [0.15, 0.2) is 11.9 Å². The number of ketones is 2. The number of hydrogen-bond acceptors (Lipinski definition) is 12. The van der Waals surface area contributed by atoms with Crippen LogP contribution < -0.4 is 11.1 Å². The van der Waals surface area contributed by atoms with Crippen LogP contribution in [0.2, 0.25) is 0 Å². The smallest absolute Gasteiger partial charge is 0.410 e. The fourth-order valence-corrected chi connectivity index (χ4v) is 14.0. The van der Waals surface area contributed by atoms with Crippen molar-refractivity contribution in [2.24, 2.45) is 46.2 Å². The Kier molecular flexibility index (Phi) is 17.7. The molecule has 406 valence electrons. The summed E-state index contributed by atoms with van der Waals surface area (Å²) in [5.74, 6) is -0.0883. The molecule has 2 saturated carbocycles. The molecule has 12 atom stereocenters. The first-order valence-electron chi connectivity index (χ1n) is 27.4. The van der Waals surface area contributed by atoms with E-state index in [-0.39, 0.29) is 52.4 Å². The van der Waals surface area contributed by atoms with Gasteiger partial charge in [-0.25, -0.2) is 9.59 Å². The van der Waals surface area contributed by atoms with Crippen LogP contribution in [0.3, 0.4) is 0 Å². The van der Waals surface area contributed by atoms with Crippen molar-refractivity contribution in [1.82, 2.24) is 20.1 Å². The number of aromatic nitrogens is 1. The summed E-state index contributed by atoms with van der Waals surface area (Å²) in [6.07, 6.45) is 20.7. The Labute approximate surface area is 443 Å². The van der Waals surface area contributed by atoms with Gasteiger partial charge in [0.2, 0.25) is 5.78 Å². The first kappa shape index (κ1) is 55.7. The first-order chi connectivity index (χ1) is 35.8. The molecule has 1 saturated heterocycles. The van der Waals surface area contributed by atoms with Crippen molar-refractivity contribution < 1.29 is 48.0 Å². The van der Waals surface area contributed by atoms with Crippen LogP contribution in [-0.4, -0.2) is 127 Å². The number of nitrogens with one attached hydrogen (secondary N) is 1. The highest BCUT2D eigenvalue weighted by Gasteiger charge is 2.57. The summed E-state index contributed by atoms with van der Waals surface area (Å²) >= 11 is 0. The Morgan fingerprint density at radius 1 is 0.947 bits per heavy atom. The lowest BCUT2D eigenvalue weighted by molar-refractivity contribution is -0.120. The van der Waals surface area contributed by atoms with Crippen molar-refractivity contribution in [3.05, 3.63) is 106 Å². The van der Waals surface area contributed by atoms with Crippen LogP contribution >= 0.6 is 0 Å². The molecule has 0 radical (unpaired) electrons. The van der Waals surface area contributed by atoms with Gasteiger partial charge in [0.05, 0.1) is 17.9 Å². The highest BCUT2D eigenvalue weighted by molar-refractivity contribution is 6.23. The van der Waals surface area contributed by atoms with E-state index < -0.39 is 48.1 Å². The number of allylic oxidation sites excluding steroid dienone is 8. The second-order valence-electron chi connectivity index (χ2n) is 23.0. The number of aliphatic hydroxyl groups excluding tert-OH is 1. The largest absolute Gasteiger partial charge is 0.446 e. The summed E-state index contributed by atoms with van der Waals surface area (Å²) in [6, 6.07) is 4.26. The number of rotatable bonds is 9. The Hall–Kier alpha value is -5.48. The molecule has 5 aliphatic carbocycles. The number of hydrogen-bond donors (Lipinski definition) is 3. The average molecular weight is 1030 g/mol. The van der Waals surface area contributed by atoms with Gasteiger partial charge in [-0.05, 0) is 142 Å². The van der Waals surface area contributed by atoms with Gasteiger partial charge in [0, 0.05) is 87.9 Å². The third-order valence-corrected chi connectivity index (χ3v) is 18.3. The number of carbonyl (C=O) groups excluding carboxylic acids is 5. The Morgan fingerprint density at radius 3 is 2.41 bits per heavy atom. The average Bonchev–Trinajstić information content (AvgIpc) is 3.78. The van der Waals surface area contributed by atoms with Gasteiger partial charge < -0.3 is 40.0 Å². The molecule has 75 heavy (non-hydrogen) atoms. The van der Waals surface area contributed by atoms with Crippen molar-refractivity contribution in [2.75, 3.05) is 46.9 Å². The molecule has 15 nitrogen and oxygen atoms in total. The van der Waals surface area contributed by atoms with Crippen LogP contribution in [-0.2, 0) is 33.3 Å². The fourth-order valence-electron chi connectivity index (χ4n) is 14.0. The minimum atomic E-state index is -1.00. The highest BCUT2D eigenvalue weighted by Crippen LogP contribution is 2.66. The lowest BCUT2D eigenvalue weighted by Crippen LogP contribution is -2.51. The molecule has 7 aliphatic rings. The summed E-state index contributed by atoms with van der Waals surface area (Å²) in [5, 5.41) is 14.3. The summed E-state index contributed by atoms with van der Waals surface area (Å²) in [7, 11) is 2.96. The number of carbonyl (C=O) groups is 5. The van der Waals surface area contributed by atoms with Crippen molar-refractivity contribution in [2.45, 2.75) is 143 Å². The molecule has 1 aromatic rings. The molecule has 0 aromatic carbocycles. The highest BCUT2D eigenvalue weighted by atomic mass is 16.6. The standard InChI is InChI=1S/C60H81N5O10/c1-36-30-45-43(50(66)34-49(54(45)68)63-56(69)37(2)12-9-15-51(72-7)55(75-57(61)70)39(4)32-38(3)53(67)52(31-36)73-8)14-11-25-64-26-28-65(29-27-64)58(71)74-42-20-22-59(5)41(33-42)16-17-44-47-19-18-46(40-13-10-24-62-35-40)60(47,6)23-21-48(44)59/h9-10,12-13,15-16,18,24,32,34-36,38,42,44,47-48,51-53,55,67H,11,14,17,19-23,25-31,33H2,1-8H3,(H2,61,70)(H,63,69)/b15-9-,37-12+,39-32+/t36-,38+,42+,44+,47+,48+,51+,52+,53+,55?,59+,60-/m1/s1. The molecule has 3 fully saturated rings. The van der Waals surface area contributed by atoms with E-state index in [0.29, 0.717) is 86.5 Å². The summed E-state index contributed by atoms with van der Waals surface area (Å²) in [6.45, 7) is 15.2. The molecular weight excluding hydrogens is 951 g/mol. The van der Waals surface area contributed by atoms with Gasteiger partial charge in [-0.3, -0.25) is 24.3 Å². The molecular formula is C60H81N5O10. The molecule has 4 N–H and O–H groups in total. The third kappa shape index (κ3) is 12.1. The number of aliphatic hydroxyl groups is 1. The van der Waals surface area contributed by atoms with Gasteiger partial charge in [-0.15, -0.1) is 0 Å². The molecule has 15 heteroatoms. The van der Waals surface area contributed by atoms with E-state index in [1.54, 1.807) is 32.1 Å². The molecule has 3 amide bonds. The minimum absolute atomic E-state index is 0.101. The van der Waals surface area contributed by atoms with Gasteiger partial charge in [-0.1, -0.05) is 75.8 Å². The van der Waals surface area contributed by atoms with Crippen LogP contribution in [0, 0.1) is 40.4 Å². The van der Waals surface area contributed by atoms with Crippen LogP contribution in [0.15, 0.2) is 101 Å². The van der Waals surface area contributed by atoms with E-state index in [4.69, 9.17) is 24.7 Å². The van der Waals surface area contributed by atoms with E-state index >= 15 is 0 Å². The van der Waals surface area contributed by atoms with Crippen molar-refractivity contribution in [3.63, 3.8) is 0 Å². The number of amides is 3. The predicted octanol–water partition coefficient (Wildman–Crippen LogP) is 8.76. The number of piperazine rings is 1. The predicted molar refractivity (Wildman–Crippen MR) is 286 cm³/mol. The van der Waals surface area contributed by atoms with E-state index in [2.05, 4.69) is 47.3 Å². The Balaban J connectivity index is 0.870.